The highest BCUT2D eigenvalue weighted by molar-refractivity contribution is 7.97. The molecule has 8 aromatic rings. The molecular formula is C56H57O3S3+3. The molecule has 0 aliphatic heterocycles. The molecule has 62 heavy (non-hydrogen) atoms. The molecule has 0 heterocycles. The van der Waals surface area contributed by atoms with Crippen molar-refractivity contribution in [3.63, 3.8) is 0 Å². The van der Waals surface area contributed by atoms with E-state index in [2.05, 4.69) is 153 Å². The maximum absolute atomic E-state index is 11.1. The van der Waals surface area contributed by atoms with Crippen molar-refractivity contribution in [2.75, 3.05) is 11.5 Å². The van der Waals surface area contributed by atoms with Gasteiger partial charge in [0.15, 0.2) is 34.3 Å². The van der Waals surface area contributed by atoms with Gasteiger partial charge in [0.25, 0.3) is 0 Å². The molecule has 0 atom stereocenters. The van der Waals surface area contributed by atoms with Crippen LogP contribution in [0.2, 0.25) is 0 Å². The number of carbonyl (C=O) groups excluding carboxylic acids is 1. The van der Waals surface area contributed by atoms with Crippen LogP contribution in [0.15, 0.2) is 247 Å². The zero-order valence-electron chi connectivity index (χ0n) is 35.9. The summed E-state index contributed by atoms with van der Waals surface area (Å²) in [5.41, 5.74) is 0. The van der Waals surface area contributed by atoms with Gasteiger partial charge in [-0.15, -0.1) is 0 Å². The first-order valence-electron chi connectivity index (χ1n) is 21.4. The monoisotopic (exact) mass is 873 g/mol. The van der Waals surface area contributed by atoms with Gasteiger partial charge in [-0.2, -0.15) is 0 Å². The predicted molar refractivity (Wildman–Crippen MR) is 265 cm³/mol. The predicted octanol–water partition coefficient (Wildman–Crippen LogP) is 14.6. The van der Waals surface area contributed by atoms with Crippen LogP contribution in [0, 0.1) is 0 Å². The zero-order chi connectivity index (χ0) is 43.4. The van der Waals surface area contributed by atoms with Gasteiger partial charge >= 0.3 is 5.97 Å². The Balaban J connectivity index is 0.000000156. The van der Waals surface area contributed by atoms with Crippen LogP contribution in [0.25, 0.3) is 10.8 Å². The number of carbonyl (C=O) groups is 1. The average molecular weight is 874 g/mol. The summed E-state index contributed by atoms with van der Waals surface area (Å²) in [5, 5.41) is 12.3. The maximum atomic E-state index is 11.1. The van der Waals surface area contributed by atoms with Crippen LogP contribution in [0.1, 0.15) is 46.5 Å². The van der Waals surface area contributed by atoms with Crippen LogP contribution < -0.4 is 4.74 Å². The van der Waals surface area contributed by atoms with E-state index in [0.717, 1.165) is 0 Å². The largest absolute Gasteiger partial charge is 0.508 e. The molecule has 8 rings (SSSR count). The number of aromatic hydroxyl groups is 1. The van der Waals surface area contributed by atoms with Crippen molar-refractivity contribution in [1.29, 1.82) is 0 Å². The fraction of sp³-hybridized carbons (Fsp3) is 0.161. The van der Waals surface area contributed by atoms with Crippen LogP contribution in [0.5, 0.6) is 11.5 Å². The third kappa shape index (κ3) is 13.4. The van der Waals surface area contributed by atoms with Gasteiger partial charge in [0.05, 0.1) is 21.8 Å². The van der Waals surface area contributed by atoms with E-state index < -0.39 is 0 Å². The lowest BCUT2D eigenvalue weighted by atomic mass is 10.1. The SMILES string of the molecule is CC(=O)Oc1ccc([S+](c2ccccc2)c2ccccc2)cc1.CCCC[S+](CCCC)c1cccc2ccccc12.Oc1ccc([S+](c2ccccc2)c2ccccc2)cc1. The van der Waals surface area contributed by atoms with Crippen molar-refractivity contribution in [3.05, 3.63) is 212 Å². The third-order valence-corrected chi connectivity index (χ3v) is 16.9. The minimum absolute atomic E-state index is 0.134. The first kappa shape index (κ1) is 45.9. The van der Waals surface area contributed by atoms with Crippen LogP contribution in [0.3, 0.4) is 0 Å². The van der Waals surface area contributed by atoms with Crippen LogP contribution in [-0.2, 0) is 37.5 Å². The fourth-order valence-corrected chi connectivity index (χ4v) is 13.7. The van der Waals surface area contributed by atoms with Gasteiger partial charge in [-0.25, -0.2) is 0 Å². The summed E-state index contributed by atoms with van der Waals surface area (Å²) < 4.78 is 5.12. The van der Waals surface area contributed by atoms with E-state index in [1.807, 2.05) is 60.7 Å². The number of esters is 1. The van der Waals surface area contributed by atoms with E-state index in [9.17, 15) is 9.90 Å². The summed E-state index contributed by atoms with van der Waals surface area (Å²) >= 11 is 0. The Morgan fingerprint density at radius 1 is 0.452 bits per heavy atom. The molecule has 0 bridgehead atoms. The van der Waals surface area contributed by atoms with Crippen molar-refractivity contribution in [3.8, 4) is 11.5 Å². The summed E-state index contributed by atoms with van der Waals surface area (Å²) in [7, 11) is 0.128. The molecule has 8 aromatic carbocycles. The fourth-order valence-electron chi connectivity index (χ4n) is 6.84. The number of hydrogen-bond donors (Lipinski definition) is 1. The molecule has 0 amide bonds. The molecule has 314 valence electrons. The van der Waals surface area contributed by atoms with E-state index in [1.165, 1.54) is 84.3 Å². The first-order chi connectivity index (χ1) is 30.4. The summed E-state index contributed by atoms with van der Waals surface area (Å²) in [6, 6.07) is 72.8. The molecule has 0 aliphatic rings. The summed E-state index contributed by atoms with van der Waals surface area (Å²) in [6.07, 6.45) is 5.33. The number of rotatable bonds is 14. The number of hydrogen-bond acceptors (Lipinski definition) is 3. The number of fused-ring (bicyclic) bond motifs is 1. The van der Waals surface area contributed by atoms with Gasteiger partial charge in [0.1, 0.15) is 23.0 Å². The summed E-state index contributed by atoms with van der Waals surface area (Å²) in [6.45, 7) is 6.00. The van der Waals surface area contributed by atoms with E-state index in [-0.39, 0.29) is 27.8 Å². The van der Waals surface area contributed by atoms with Gasteiger partial charge in [-0.05, 0) is 127 Å². The molecule has 0 unspecified atom stereocenters. The molecule has 0 aliphatic carbocycles. The Morgan fingerprint density at radius 2 is 0.823 bits per heavy atom. The molecule has 0 saturated carbocycles. The van der Waals surface area contributed by atoms with E-state index in [0.29, 0.717) is 22.4 Å². The second-order valence-electron chi connectivity index (χ2n) is 14.5. The van der Waals surface area contributed by atoms with Crippen molar-refractivity contribution in [1.82, 2.24) is 0 Å². The summed E-state index contributed by atoms with van der Waals surface area (Å²) in [4.78, 5) is 20.1. The van der Waals surface area contributed by atoms with Crippen molar-refractivity contribution >= 4 is 49.4 Å². The lowest BCUT2D eigenvalue weighted by Crippen LogP contribution is -2.13. The van der Waals surface area contributed by atoms with E-state index in [1.54, 1.807) is 17.0 Å². The molecule has 6 heteroatoms. The number of ether oxygens (including phenoxy) is 1. The highest BCUT2D eigenvalue weighted by atomic mass is 32.2. The second kappa shape index (κ2) is 24.7. The smallest absolute Gasteiger partial charge is 0.308 e. The van der Waals surface area contributed by atoms with Crippen LogP contribution in [-0.4, -0.2) is 22.6 Å². The Kier molecular flexibility index (Phi) is 18.3. The Bertz CT molecular complexity index is 2410. The van der Waals surface area contributed by atoms with Gasteiger partial charge in [-0.3, -0.25) is 4.79 Å². The van der Waals surface area contributed by atoms with Gasteiger partial charge in [0, 0.05) is 23.2 Å². The molecule has 0 radical (unpaired) electrons. The number of phenols is 1. The lowest BCUT2D eigenvalue weighted by Gasteiger charge is -2.10. The highest BCUT2D eigenvalue weighted by Gasteiger charge is 2.29. The van der Waals surface area contributed by atoms with Crippen LogP contribution >= 0.6 is 0 Å². The normalized spacial score (nSPS) is 10.8. The van der Waals surface area contributed by atoms with Gasteiger partial charge in [0.2, 0.25) is 0 Å². The quantitative estimate of drug-likeness (QED) is 0.0673. The Hall–Kier alpha value is -5.66. The topological polar surface area (TPSA) is 46.5 Å². The number of benzene rings is 8. The van der Waals surface area contributed by atoms with Crippen molar-refractivity contribution in [2.45, 2.75) is 80.7 Å². The molecule has 0 spiro atoms. The molecule has 0 saturated heterocycles. The van der Waals surface area contributed by atoms with E-state index in [4.69, 9.17) is 4.74 Å². The first-order valence-corrected chi connectivity index (χ1v) is 25.4. The molecular weight excluding hydrogens is 817 g/mol. The van der Waals surface area contributed by atoms with Gasteiger partial charge in [-0.1, -0.05) is 130 Å². The zero-order valence-corrected chi connectivity index (χ0v) is 38.4. The molecule has 3 nitrogen and oxygen atoms in total. The molecule has 0 fully saturated rings. The lowest BCUT2D eigenvalue weighted by molar-refractivity contribution is -0.131. The highest BCUT2D eigenvalue weighted by Crippen LogP contribution is 2.33. The minimum atomic E-state index is -0.303. The number of phenolic OH excluding ortho intramolecular Hbond substituents is 1. The molecule has 0 aromatic heterocycles. The standard InChI is InChI=1S/C20H17O2S.C18H14OS.C18H25S/c1-16(21)22-17-12-14-20(15-13-17)23(18-8-4-2-5-9-18)19-10-6-3-7-11-19;19-15-11-13-18(14-12-15)20(16-7-3-1-4-8-16)17-9-5-2-6-10-17;1-3-5-14-19(15-6-4-2)18-13-9-11-16-10-7-8-12-17(16)18/h2-15H,1H3;1-14H;7-13H,3-6,14-15H2,1-2H3/q+1;;+1/p+1. The second-order valence-corrected chi connectivity index (χ2v) is 20.8. The maximum Gasteiger partial charge on any atom is 0.308 e. The Morgan fingerprint density at radius 3 is 1.24 bits per heavy atom. The average Bonchev–Trinajstić information content (AvgIpc) is 3.32. The molecule has 1 N–H and O–H groups in total. The van der Waals surface area contributed by atoms with Gasteiger partial charge < -0.3 is 9.84 Å². The number of unbranched alkanes of at least 4 members (excludes halogenated alkanes) is 2. The summed E-state index contributed by atoms with van der Waals surface area (Å²) in [5.74, 6) is 3.31. The van der Waals surface area contributed by atoms with E-state index >= 15 is 0 Å². The van der Waals surface area contributed by atoms with Crippen LogP contribution in [0.4, 0.5) is 0 Å². The minimum Gasteiger partial charge on any atom is -0.508 e. The third-order valence-electron chi connectivity index (χ3n) is 9.86. The Labute approximate surface area is 377 Å². The van der Waals surface area contributed by atoms with Crippen molar-refractivity contribution < 1.29 is 14.6 Å². The van der Waals surface area contributed by atoms with Crippen molar-refractivity contribution in [2.24, 2.45) is 0 Å².